The van der Waals surface area contributed by atoms with E-state index < -0.39 is 0 Å². The molecule has 1 aliphatic carbocycles. The third kappa shape index (κ3) is 4.47. The fourth-order valence-corrected chi connectivity index (χ4v) is 4.92. The number of fused-ring (bicyclic) bond motifs is 2. The molecule has 0 saturated heterocycles. The van der Waals surface area contributed by atoms with Gasteiger partial charge in [0.15, 0.2) is 0 Å². The van der Waals surface area contributed by atoms with Crippen molar-refractivity contribution in [2.45, 2.75) is 52.0 Å². The fourth-order valence-electron chi connectivity index (χ4n) is 3.71. The first-order chi connectivity index (χ1) is 11.7. The minimum Gasteiger partial charge on any atom is -0.353 e. The summed E-state index contributed by atoms with van der Waals surface area (Å²) in [5.74, 6) is 1.96. The monoisotopic (exact) mass is 415 g/mol. The Morgan fingerprint density at radius 1 is 0.962 bits per heavy atom. The zero-order chi connectivity index (χ0) is 16.5. The van der Waals surface area contributed by atoms with Crippen molar-refractivity contribution in [1.29, 1.82) is 0 Å². The van der Waals surface area contributed by atoms with E-state index in [1.165, 1.54) is 46.1 Å². The number of anilines is 1. The van der Waals surface area contributed by atoms with Gasteiger partial charge in [-0.05, 0) is 45.6 Å². The van der Waals surface area contributed by atoms with Crippen molar-refractivity contribution in [2.75, 3.05) is 25.0 Å². The number of rotatable bonds is 3. The Labute approximate surface area is 171 Å². The fraction of sp³-hybridized carbons (Fsp3) is 0.611. The molecule has 0 atom stereocenters. The summed E-state index contributed by atoms with van der Waals surface area (Å²) >= 11 is 1.90. The van der Waals surface area contributed by atoms with Gasteiger partial charge < -0.3 is 10.2 Å². The topological polar surface area (TPSA) is 53.9 Å². The minimum atomic E-state index is 0. The quantitative estimate of drug-likeness (QED) is 0.832. The second kappa shape index (κ2) is 9.31. The first kappa shape index (κ1) is 21.4. The Kier molecular flexibility index (Phi) is 7.64. The second-order valence-corrected chi connectivity index (χ2v) is 7.98. The van der Waals surface area contributed by atoms with Crippen molar-refractivity contribution in [2.24, 2.45) is 0 Å². The lowest BCUT2D eigenvalue weighted by Gasteiger charge is -2.21. The van der Waals surface area contributed by atoms with Crippen LogP contribution in [0.4, 0.5) is 5.82 Å². The van der Waals surface area contributed by atoms with E-state index in [-0.39, 0.29) is 24.8 Å². The third-order valence-corrected chi connectivity index (χ3v) is 6.04. The van der Waals surface area contributed by atoms with Gasteiger partial charge in [0.05, 0.1) is 17.9 Å². The third-order valence-electron chi connectivity index (χ3n) is 4.90. The highest BCUT2D eigenvalue weighted by Crippen LogP contribution is 2.29. The molecular weight excluding hydrogens is 389 g/mol. The smallest absolute Gasteiger partial charge is 0.135 e. The summed E-state index contributed by atoms with van der Waals surface area (Å²) in [6.07, 6.45) is 6.97. The first-order valence-electron chi connectivity index (χ1n) is 8.96. The van der Waals surface area contributed by atoms with Crippen molar-refractivity contribution < 1.29 is 0 Å². The molecule has 5 nitrogen and oxygen atoms in total. The number of aryl methyl sites for hydroxylation is 3. The minimum absolute atomic E-state index is 0. The maximum atomic E-state index is 4.89. The number of nitrogens with zero attached hydrogens (tertiary/aromatic N) is 4. The summed E-state index contributed by atoms with van der Waals surface area (Å²) in [5, 5.41) is 4.69. The van der Waals surface area contributed by atoms with Crippen LogP contribution >= 0.6 is 36.2 Å². The molecule has 144 valence electrons. The van der Waals surface area contributed by atoms with Crippen molar-refractivity contribution in [3.8, 4) is 0 Å². The predicted molar refractivity (Wildman–Crippen MR) is 112 cm³/mol. The molecule has 2 aromatic heterocycles. The zero-order valence-corrected chi connectivity index (χ0v) is 17.8. The maximum absolute atomic E-state index is 4.89. The summed E-state index contributed by atoms with van der Waals surface area (Å²) in [4.78, 5) is 18.1. The number of hydrogen-bond donors (Lipinski definition) is 1. The van der Waals surface area contributed by atoms with Crippen LogP contribution in [0.2, 0.25) is 0 Å². The molecule has 2 aliphatic rings. The van der Waals surface area contributed by atoms with Gasteiger partial charge in [-0.3, -0.25) is 0 Å². The molecule has 26 heavy (non-hydrogen) atoms. The highest BCUT2D eigenvalue weighted by Gasteiger charge is 2.20. The van der Waals surface area contributed by atoms with Crippen LogP contribution in [-0.4, -0.2) is 35.1 Å². The predicted octanol–water partition coefficient (Wildman–Crippen LogP) is 3.29. The Morgan fingerprint density at radius 3 is 2.54 bits per heavy atom. The van der Waals surface area contributed by atoms with Gasteiger partial charge in [-0.25, -0.2) is 15.0 Å². The lowest BCUT2D eigenvalue weighted by atomic mass is 10.0. The van der Waals surface area contributed by atoms with Crippen LogP contribution in [-0.2, 0) is 32.2 Å². The zero-order valence-electron chi connectivity index (χ0n) is 15.4. The van der Waals surface area contributed by atoms with E-state index in [9.17, 15) is 0 Å². The van der Waals surface area contributed by atoms with Crippen LogP contribution in [0.1, 0.15) is 45.5 Å². The molecule has 0 bridgehead atoms. The number of aromatic nitrogens is 3. The van der Waals surface area contributed by atoms with E-state index in [0.717, 1.165) is 50.5 Å². The van der Waals surface area contributed by atoms with Gasteiger partial charge in [0.2, 0.25) is 0 Å². The number of thiazole rings is 1. The molecule has 0 amide bonds. The van der Waals surface area contributed by atoms with Crippen LogP contribution in [0.5, 0.6) is 0 Å². The normalized spacial score (nSPS) is 15.8. The summed E-state index contributed by atoms with van der Waals surface area (Å²) in [6.45, 7) is 4.85. The molecule has 8 heteroatoms. The standard InChI is InChI=1S/C18H25N5S.2ClH/c1-12-20-14-8-10-19-9-7-13(14)18(21-12)23(2)11-17-22-15-5-3-4-6-16(15)24-17;;/h19H,3-11H2,1-2H3;2*1H. The molecule has 0 unspecified atom stereocenters. The van der Waals surface area contributed by atoms with E-state index in [1.807, 2.05) is 18.3 Å². The highest BCUT2D eigenvalue weighted by molar-refractivity contribution is 7.11. The van der Waals surface area contributed by atoms with Gasteiger partial charge in [0.1, 0.15) is 16.6 Å². The average Bonchev–Trinajstić information content (AvgIpc) is 2.82. The van der Waals surface area contributed by atoms with Crippen molar-refractivity contribution in [1.82, 2.24) is 20.3 Å². The van der Waals surface area contributed by atoms with E-state index in [0.29, 0.717) is 0 Å². The molecule has 1 N–H and O–H groups in total. The molecular formula is C18H27Cl2N5S. The summed E-state index contributed by atoms with van der Waals surface area (Å²) in [7, 11) is 2.14. The van der Waals surface area contributed by atoms with Crippen LogP contribution in [0.3, 0.4) is 0 Å². The largest absolute Gasteiger partial charge is 0.353 e. The lowest BCUT2D eigenvalue weighted by Crippen LogP contribution is -2.22. The van der Waals surface area contributed by atoms with Crippen LogP contribution in [0.25, 0.3) is 0 Å². The van der Waals surface area contributed by atoms with Crippen molar-refractivity contribution in [3.63, 3.8) is 0 Å². The molecule has 0 fully saturated rings. The molecule has 0 spiro atoms. The Morgan fingerprint density at radius 2 is 1.73 bits per heavy atom. The Bertz CT molecular complexity index is 726. The maximum Gasteiger partial charge on any atom is 0.135 e. The van der Waals surface area contributed by atoms with Crippen LogP contribution in [0.15, 0.2) is 0 Å². The second-order valence-electron chi connectivity index (χ2n) is 6.81. The van der Waals surface area contributed by atoms with Gasteiger partial charge >= 0.3 is 0 Å². The molecule has 1 aliphatic heterocycles. The number of nitrogens with one attached hydrogen (secondary N) is 1. The van der Waals surface area contributed by atoms with Crippen molar-refractivity contribution >= 4 is 42.0 Å². The van der Waals surface area contributed by atoms with Crippen LogP contribution in [0, 0.1) is 6.92 Å². The SMILES string of the molecule is Cc1nc2c(c(N(C)Cc3nc4c(s3)CCCC4)n1)CCNCC2.Cl.Cl. The highest BCUT2D eigenvalue weighted by atomic mass is 35.5. The lowest BCUT2D eigenvalue weighted by molar-refractivity contribution is 0.680. The molecule has 0 aromatic carbocycles. The Hall–Kier alpha value is -0.950. The van der Waals surface area contributed by atoms with E-state index in [4.69, 9.17) is 9.97 Å². The van der Waals surface area contributed by atoms with E-state index >= 15 is 0 Å². The van der Waals surface area contributed by atoms with Gasteiger partial charge in [-0.15, -0.1) is 36.2 Å². The average molecular weight is 416 g/mol. The van der Waals surface area contributed by atoms with Crippen LogP contribution < -0.4 is 10.2 Å². The van der Waals surface area contributed by atoms with E-state index in [2.05, 4.69) is 22.2 Å². The molecule has 0 radical (unpaired) electrons. The van der Waals surface area contributed by atoms with Gasteiger partial charge in [0, 0.05) is 30.5 Å². The van der Waals surface area contributed by atoms with Gasteiger partial charge in [0.25, 0.3) is 0 Å². The van der Waals surface area contributed by atoms with Gasteiger partial charge in [-0.1, -0.05) is 0 Å². The number of halogens is 2. The number of hydrogen-bond acceptors (Lipinski definition) is 6. The van der Waals surface area contributed by atoms with Crippen molar-refractivity contribution in [3.05, 3.63) is 32.7 Å². The summed E-state index contributed by atoms with van der Waals surface area (Å²) < 4.78 is 0. The molecule has 3 heterocycles. The molecule has 4 rings (SSSR count). The summed E-state index contributed by atoms with van der Waals surface area (Å²) in [6, 6.07) is 0. The summed E-state index contributed by atoms with van der Waals surface area (Å²) in [5.41, 5.74) is 3.87. The first-order valence-corrected chi connectivity index (χ1v) is 9.78. The van der Waals surface area contributed by atoms with E-state index in [1.54, 1.807) is 0 Å². The molecule has 0 saturated carbocycles. The Balaban J connectivity index is 0.00000121. The van der Waals surface area contributed by atoms with Gasteiger partial charge in [-0.2, -0.15) is 0 Å². The molecule has 2 aromatic rings.